The van der Waals surface area contributed by atoms with Gasteiger partial charge in [0.15, 0.2) is 17.3 Å². The van der Waals surface area contributed by atoms with E-state index in [0.29, 0.717) is 36.3 Å². The Kier molecular flexibility index (Phi) is 5.44. The zero-order valence-electron chi connectivity index (χ0n) is 18.6. The quantitative estimate of drug-likeness (QED) is 0.624. The van der Waals surface area contributed by atoms with Gasteiger partial charge in [-0.15, -0.1) is 0 Å². The number of rotatable bonds is 6. The minimum atomic E-state index is -1.33. The van der Waals surface area contributed by atoms with E-state index in [1.807, 2.05) is 18.2 Å². The van der Waals surface area contributed by atoms with E-state index in [2.05, 4.69) is 4.90 Å². The van der Waals surface area contributed by atoms with Crippen LogP contribution in [0.1, 0.15) is 53.6 Å². The third kappa shape index (κ3) is 3.79. The molecule has 32 heavy (non-hydrogen) atoms. The predicted molar refractivity (Wildman–Crippen MR) is 118 cm³/mol. The fourth-order valence-electron chi connectivity index (χ4n) is 6.11. The van der Waals surface area contributed by atoms with E-state index in [9.17, 15) is 9.18 Å². The molecule has 3 unspecified atom stereocenters. The van der Waals surface area contributed by atoms with Crippen LogP contribution in [0.2, 0.25) is 0 Å². The lowest BCUT2D eigenvalue weighted by Crippen LogP contribution is -2.49. The van der Waals surface area contributed by atoms with Crippen LogP contribution < -0.4 is 9.47 Å². The summed E-state index contributed by atoms with van der Waals surface area (Å²) in [4.78, 5) is 15.5. The minimum absolute atomic E-state index is 0.0130. The molecule has 2 aromatic carbocycles. The molecule has 5 rings (SSSR count). The van der Waals surface area contributed by atoms with Crippen molar-refractivity contribution in [3.05, 3.63) is 58.9 Å². The molecule has 2 heterocycles. The van der Waals surface area contributed by atoms with Crippen molar-refractivity contribution in [1.29, 1.82) is 0 Å². The van der Waals surface area contributed by atoms with Crippen LogP contribution in [0.5, 0.6) is 11.5 Å². The van der Waals surface area contributed by atoms with E-state index in [4.69, 9.17) is 9.47 Å². The molecule has 0 aromatic heterocycles. The van der Waals surface area contributed by atoms with Gasteiger partial charge in [0, 0.05) is 30.1 Å². The summed E-state index contributed by atoms with van der Waals surface area (Å²) in [5.41, 5.74) is 1.27. The Labute approximate surface area is 187 Å². The van der Waals surface area contributed by atoms with Crippen LogP contribution >= 0.6 is 0 Å². The van der Waals surface area contributed by atoms with Gasteiger partial charge in [-0.05, 0) is 73.9 Å². The number of ether oxygens (including phenoxy) is 2. The highest BCUT2D eigenvalue weighted by Crippen LogP contribution is 2.48. The van der Waals surface area contributed by atoms with E-state index < -0.39 is 5.67 Å². The number of piperidine rings is 1. The number of hydrogen-bond donors (Lipinski definition) is 0. The molecule has 0 saturated carbocycles. The lowest BCUT2D eigenvalue weighted by molar-refractivity contribution is -0.00653. The summed E-state index contributed by atoms with van der Waals surface area (Å²) in [7, 11) is 3.12. The first-order valence-electron chi connectivity index (χ1n) is 11.4. The van der Waals surface area contributed by atoms with Crippen molar-refractivity contribution >= 4 is 5.78 Å². The van der Waals surface area contributed by atoms with Gasteiger partial charge in [-0.25, -0.2) is 8.78 Å². The van der Waals surface area contributed by atoms with Crippen LogP contribution in [0.4, 0.5) is 8.78 Å². The van der Waals surface area contributed by atoms with Crippen LogP contribution in [0, 0.1) is 11.7 Å². The van der Waals surface area contributed by atoms with Gasteiger partial charge in [0.1, 0.15) is 11.5 Å². The Balaban J connectivity index is 1.28. The summed E-state index contributed by atoms with van der Waals surface area (Å²) in [6.45, 7) is 0.721. The number of Topliss-reactive ketones (excluding diaryl/α,β-unsaturated/α-hetero) is 1. The van der Waals surface area contributed by atoms with Gasteiger partial charge in [-0.1, -0.05) is 12.1 Å². The van der Waals surface area contributed by atoms with Crippen LogP contribution in [0.15, 0.2) is 36.4 Å². The summed E-state index contributed by atoms with van der Waals surface area (Å²) in [5, 5.41) is 0. The van der Waals surface area contributed by atoms with Crippen LogP contribution in [0.3, 0.4) is 0 Å². The second-order valence-corrected chi connectivity index (χ2v) is 9.58. The predicted octanol–water partition coefficient (Wildman–Crippen LogP) is 5.12. The molecule has 1 aliphatic carbocycles. The van der Waals surface area contributed by atoms with Gasteiger partial charge < -0.3 is 9.47 Å². The number of alkyl halides is 1. The lowest BCUT2D eigenvalue weighted by atomic mass is 9.79. The number of carbonyl (C=O) groups excluding carboxylic acids is 1. The van der Waals surface area contributed by atoms with Crippen LogP contribution in [-0.4, -0.2) is 42.7 Å². The van der Waals surface area contributed by atoms with Gasteiger partial charge in [-0.3, -0.25) is 9.69 Å². The Bertz CT molecular complexity index is 1010. The molecule has 2 saturated heterocycles. The second kappa shape index (κ2) is 8.14. The molecular weight excluding hydrogens is 412 g/mol. The van der Waals surface area contributed by atoms with E-state index in [0.717, 1.165) is 30.5 Å². The van der Waals surface area contributed by atoms with E-state index in [1.165, 1.54) is 12.1 Å². The number of fused-ring (bicyclic) bond motifs is 3. The molecule has 4 nitrogen and oxygen atoms in total. The van der Waals surface area contributed by atoms with Gasteiger partial charge in [0.25, 0.3) is 0 Å². The van der Waals surface area contributed by atoms with Crippen molar-refractivity contribution in [2.45, 2.75) is 62.8 Å². The monoisotopic (exact) mass is 441 g/mol. The van der Waals surface area contributed by atoms with Gasteiger partial charge in [0.05, 0.1) is 14.2 Å². The molecular formula is C26H29F2NO3. The maximum Gasteiger partial charge on any atom is 0.166 e. The SMILES string of the molecule is COc1cc2c(cc1OC)C(=O)C(CC1(F)CC3CCC(C1)N3Cc1ccc(F)cc1)C2. The zero-order valence-corrected chi connectivity index (χ0v) is 18.6. The average Bonchev–Trinajstić information content (AvgIpc) is 3.20. The third-order valence-corrected chi connectivity index (χ3v) is 7.58. The van der Waals surface area contributed by atoms with Crippen molar-refractivity contribution in [2.24, 2.45) is 5.92 Å². The minimum Gasteiger partial charge on any atom is -0.493 e. The lowest BCUT2D eigenvalue weighted by Gasteiger charge is -2.43. The van der Waals surface area contributed by atoms with Crippen molar-refractivity contribution in [2.75, 3.05) is 14.2 Å². The summed E-state index contributed by atoms with van der Waals surface area (Å²) in [6, 6.07) is 10.5. The van der Waals surface area contributed by atoms with Crippen molar-refractivity contribution in [3.8, 4) is 11.5 Å². The first kappa shape index (κ1) is 21.4. The first-order valence-corrected chi connectivity index (χ1v) is 11.4. The number of hydrogen-bond acceptors (Lipinski definition) is 4. The maximum absolute atomic E-state index is 16.1. The number of nitrogens with zero attached hydrogens (tertiary/aromatic N) is 1. The highest BCUT2D eigenvalue weighted by Gasteiger charge is 2.50. The third-order valence-electron chi connectivity index (χ3n) is 7.58. The molecule has 2 aliphatic heterocycles. The Morgan fingerprint density at radius 1 is 1.03 bits per heavy atom. The summed E-state index contributed by atoms with van der Waals surface area (Å²) in [6.07, 6.45) is 3.68. The zero-order chi connectivity index (χ0) is 22.5. The number of methoxy groups -OCH3 is 2. The number of ketones is 1. The highest BCUT2D eigenvalue weighted by molar-refractivity contribution is 6.03. The highest BCUT2D eigenvalue weighted by atomic mass is 19.1. The molecule has 3 aliphatic rings. The van der Waals surface area contributed by atoms with E-state index in [1.54, 1.807) is 20.3 Å². The smallest absolute Gasteiger partial charge is 0.166 e. The molecule has 3 atom stereocenters. The maximum atomic E-state index is 16.1. The van der Waals surface area contributed by atoms with Crippen LogP contribution in [0.25, 0.3) is 0 Å². The molecule has 2 aromatic rings. The average molecular weight is 442 g/mol. The largest absolute Gasteiger partial charge is 0.493 e. The topological polar surface area (TPSA) is 38.8 Å². The van der Waals surface area contributed by atoms with E-state index in [-0.39, 0.29) is 36.0 Å². The van der Waals surface area contributed by atoms with E-state index >= 15 is 4.39 Å². The molecule has 0 N–H and O–H groups in total. The Morgan fingerprint density at radius 3 is 2.28 bits per heavy atom. The number of carbonyl (C=O) groups is 1. The second-order valence-electron chi connectivity index (χ2n) is 9.58. The standard InChI is InChI=1S/C26H29F2NO3/c1-31-23-10-17-9-18(25(30)22(17)11-24(23)32-2)12-26(28)13-20-7-8-21(14-26)29(20)15-16-3-5-19(27)6-4-16/h3-6,10-11,18,20-21H,7-9,12-15H2,1-2H3. The van der Waals surface area contributed by atoms with Crippen molar-refractivity contribution < 1.29 is 23.0 Å². The summed E-state index contributed by atoms with van der Waals surface area (Å²) < 4.78 is 40.1. The Hall–Kier alpha value is -2.47. The normalized spacial score (nSPS) is 29.2. The molecule has 0 amide bonds. The number of halogens is 2. The van der Waals surface area contributed by atoms with Crippen molar-refractivity contribution in [3.63, 3.8) is 0 Å². The molecule has 2 fully saturated rings. The molecule has 6 heteroatoms. The Morgan fingerprint density at radius 2 is 1.66 bits per heavy atom. The first-order chi connectivity index (χ1) is 15.4. The van der Waals surface area contributed by atoms with Gasteiger partial charge >= 0.3 is 0 Å². The van der Waals surface area contributed by atoms with Crippen LogP contribution in [-0.2, 0) is 13.0 Å². The molecule has 0 spiro atoms. The summed E-state index contributed by atoms with van der Waals surface area (Å²) >= 11 is 0. The van der Waals surface area contributed by atoms with Gasteiger partial charge in [-0.2, -0.15) is 0 Å². The summed E-state index contributed by atoms with van der Waals surface area (Å²) in [5.74, 6) is 0.564. The number of benzene rings is 2. The van der Waals surface area contributed by atoms with Gasteiger partial charge in [0.2, 0.25) is 0 Å². The fraction of sp³-hybridized carbons (Fsp3) is 0.500. The fourth-order valence-corrected chi connectivity index (χ4v) is 6.11. The molecule has 170 valence electrons. The molecule has 0 radical (unpaired) electrons. The molecule has 2 bridgehead atoms. The van der Waals surface area contributed by atoms with Crippen molar-refractivity contribution in [1.82, 2.24) is 4.90 Å².